The summed E-state index contributed by atoms with van der Waals surface area (Å²) in [5.41, 5.74) is 0.590. The number of ether oxygens (including phenoxy) is 3. The van der Waals surface area contributed by atoms with Gasteiger partial charge in [0.1, 0.15) is 23.7 Å². The minimum absolute atomic E-state index is 0.113. The molecule has 0 saturated heterocycles. The standard InChI is InChI=1S/C22H30FN3O4/c1-5-24-22(25-13-15(2)30-21-9-7-6-8-18(21)23)26-14-19(27)17-12-16(28-3)10-11-20(17)29-4/h6-12,15,19,27H,5,13-14H2,1-4H3,(H2,24,25,26). The van der Waals surface area contributed by atoms with E-state index in [2.05, 4.69) is 15.6 Å². The smallest absolute Gasteiger partial charge is 0.191 e. The molecule has 0 aliphatic rings. The van der Waals surface area contributed by atoms with Gasteiger partial charge in [-0.3, -0.25) is 4.99 Å². The van der Waals surface area contributed by atoms with Crippen LogP contribution in [0.25, 0.3) is 0 Å². The van der Waals surface area contributed by atoms with E-state index < -0.39 is 11.9 Å². The van der Waals surface area contributed by atoms with Crippen molar-refractivity contribution in [2.45, 2.75) is 26.1 Å². The normalized spacial score (nSPS) is 13.3. The first-order valence-electron chi connectivity index (χ1n) is 9.81. The number of hydrogen-bond acceptors (Lipinski definition) is 5. The Labute approximate surface area is 176 Å². The Morgan fingerprint density at radius 1 is 1.10 bits per heavy atom. The molecule has 0 amide bonds. The van der Waals surface area contributed by atoms with E-state index in [1.54, 1.807) is 50.6 Å². The third-order valence-corrected chi connectivity index (χ3v) is 4.28. The van der Waals surface area contributed by atoms with Crippen LogP contribution in [0.15, 0.2) is 47.5 Å². The Kier molecular flexibility index (Phi) is 9.21. The first kappa shape index (κ1) is 23.3. The van der Waals surface area contributed by atoms with E-state index >= 15 is 0 Å². The lowest BCUT2D eigenvalue weighted by Crippen LogP contribution is -2.42. The van der Waals surface area contributed by atoms with Crippen LogP contribution in [0.5, 0.6) is 17.2 Å². The minimum Gasteiger partial charge on any atom is -0.497 e. The molecule has 164 valence electrons. The predicted octanol–water partition coefficient (Wildman–Crippen LogP) is 2.90. The van der Waals surface area contributed by atoms with Gasteiger partial charge >= 0.3 is 0 Å². The van der Waals surface area contributed by atoms with Gasteiger partial charge in [0.2, 0.25) is 0 Å². The third-order valence-electron chi connectivity index (χ3n) is 4.28. The molecule has 0 aromatic heterocycles. The fourth-order valence-corrected chi connectivity index (χ4v) is 2.76. The van der Waals surface area contributed by atoms with Crippen molar-refractivity contribution in [1.29, 1.82) is 0 Å². The van der Waals surface area contributed by atoms with Gasteiger partial charge < -0.3 is 30.0 Å². The fourth-order valence-electron chi connectivity index (χ4n) is 2.76. The summed E-state index contributed by atoms with van der Waals surface area (Å²) in [4.78, 5) is 4.44. The fraction of sp³-hybridized carbons (Fsp3) is 0.409. The first-order valence-corrected chi connectivity index (χ1v) is 9.81. The first-order chi connectivity index (χ1) is 14.5. The highest BCUT2D eigenvalue weighted by molar-refractivity contribution is 5.79. The molecule has 3 N–H and O–H groups in total. The number of aliphatic hydroxyl groups is 1. The van der Waals surface area contributed by atoms with Crippen molar-refractivity contribution in [1.82, 2.24) is 10.6 Å². The maximum Gasteiger partial charge on any atom is 0.191 e. The van der Waals surface area contributed by atoms with E-state index in [1.807, 2.05) is 13.8 Å². The molecular formula is C22H30FN3O4. The van der Waals surface area contributed by atoms with Gasteiger partial charge in [-0.2, -0.15) is 0 Å². The second kappa shape index (κ2) is 11.9. The quantitative estimate of drug-likeness (QED) is 0.406. The van der Waals surface area contributed by atoms with Gasteiger partial charge in [-0.1, -0.05) is 12.1 Å². The van der Waals surface area contributed by atoms with Crippen molar-refractivity contribution in [3.05, 3.63) is 53.8 Å². The van der Waals surface area contributed by atoms with Crippen LogP contribution < -0.4 is 24.8 Å². The summed E-state index contributed by atoms with van der Waals surface area (Å²) in [6, 6.07) is 11.5. The van der Waals surface area contributed by atoms with E-state index in [9.17, 15) is 9.50 Å². The second-order valence-corrected chi connectivity index (χ2v) is 6.58. The van der Waals surface area contributed by atoms with E-state index in [1.165, 1.54) is 6.07 Å². The molecule has 2 aromatic carbocycles. The van der Waals surface area contributed by atoms with Crippen LogP contribution in [0.3, 0.4) is 0 Å². The summed E-state index contributed by atoms with van der Waals surface area (Å²) in [5, 5.41) is 16.9. The molecule has 8 heteroatoms. The molecule has 0 bridgehead atoms. The van der Waals surface area contributed by atoms with Crippen LogP contribution in [0.1, 0.15) is 25.5 Å². The molecule has 0 fully saturated rings. The molecule has 0 spiro atoms. The van der Waals surface area contributed by atoms with E-state index in [0.717, 1.165) is 0 Å². The van der Waals surface area contributed by atoms with Crippen molar-refractivity contribution in [3.63, 3.8) is 0 Å². The Balaban J connectivity index is 1.99. The van der Waals surface area contributed by atoms with Crippen LogP contribution in [0.4, 0.5) is 4.39 Å². The van der Waals surface area contributed by atoms with E-state index in [-0.39, 0.29) is 18.4 Å². The number of hydrogen-bond donors (Lipinski definition) is 3. The highest BCUT2D eigenvalue weighted by atomic mass is 19.1. The Morgan fingerprint density at radius 3 is 2.53 bits per heavy atom. The highest BCUT2D eigenvalue weighted by Gasteiger charge is 2.15. The lowest BCUT2D eigenvalue weighted by molar-refractivity contribution is 0.182. The van der Waals surface area contributed by atoms with Gasteiger partial charge in [-0.15, -0.1) is 0 Å². The Hall–Kier alpha value is -3.00. The largest absolute Gasteiger partial charge is 0.497 e. The molecule has 2 aromatic rings. The number of halogens is 1. The van der Waals surface area contributed by atoms with Crippen LogP contribution in [0, 0.1) is 5.82 Å². The van der Waals surface area contributed by atoms with Gasteiger partial charge in [-0.25, -0.2) is 4.39 Å². The molecule has 2 rings (SSSR count). The number of benzene rings is 2. The molecule has 2 unspecified atom stereocenters. The number of nitrogens with one attached hydrogen (secondary N) is 2. The summed E-state index contributed by atoms with van der Waals surface area (Å²) >= 11 is 0. The zero-order valence-electron chi connectivity index (χ0n) is 17.8. The number of aliphatic hydroxyl groups excluding tert-OH is 1. The molecule has 0 heterocycles. The van der Waals surface area contributed by atoms with Gasteiger partial charge in [0.05, 0.1) is 27.3 Å². The predicted molar refractivity (Wildman–Crippen MR) is 115 cm³/mol. The zero-order valence-corrected chi connectivity index (χ0v) is 17.8. The molecule has 0 saturated carbocycles. The number of methoxy groups -OCH3 is 2. The van der Waals surface area contributed by atoms with Gasteiger partial charge in [-0.05, 0) is 44.2 Å². The zero-order chi connectivity index (χ0) is 21.9. The van der Waals surface area contributed by atoms with Crippen LogP contribution >= 0.6 is 0 Å². The topological polar surface area (TPSA) is 84.3 Å². The molecular weight excluding hydrogens is 389 g/mol. The van der Waals surface area contributed by atoms with Crippen molar-refractivity contribution in [2.24, 2.45) is 4.99 Å². The SMILES string of the molecule is CCNC(=NCC(O)c1cc(OC)ccc1OC)NCC(C)Oc1ccccc1F. The van der Waals surface area contributed by atoms with Crippen LogP contribution in [0.2, 0.25) is 0 Å². The minimum atomic E-state index is -0.877. The lowest BCUT2D eigenvalue weighted by atomic mass is 10.1. The van der Waals surface area contributed by atoms with E-state index in [0.29, 0.717) is 36.1 Å². The summed E-state index contributed by atoms with van der Waals surface area (Å²) in [6.45, 7) is 4.93. The van der Waals surface area contributed by atoms with Crippen LogP contribution in [-0.4, -0.2) is 51.0 Å². The Bertz CT molecular complexity index is 832. The number of aliphatic imine (C=N–C) groups is 1. The maximum absolute atomic E-state index is 13.7. The van der Waals surface area contributed by atoms with Crippen molar-refractivity contribution < 1.29 is 23.7 Å². The van der Waals surface area contributed by atoms with Gasteiger partial charge in [0.25, 0.3) is 0 Å². The van der Waals surface area contributed by atoms with E-state index in [4.69, 9.17) is 14.2 Å². The molecule has 0 aliphatic heterocycles. The number of rotatable bonds is 10. The summed E-state index contributed by atoms with van der Waals surface area (Å²) in [5.74, 6) is 1.50. The molecule has 2 atom stereocenters. The average molecular weight is 419 g/mol. The van der Waals surface area contributed by atoms with Crippen molar-refractivity contribution in [2.75, 3.05) is 33.9 Å². The molecule has 30 heavy (non-hydrogen) atoms. The van der Waals surface area contributed by atoms with Crippen molar-refractivity contribution in [3.8, 4) is 17.2 Å². The highest BCUT2D eigenvalue weighted by Crippen LogP contribution is 2.29. The lowest BCUT2D eigenvalue weighted by Gasteiger charge is -2.19. The molecule has 7 nitrogen and oxygen atoms in total. The van der Waals surface area contributed by atoms with Crippen LogP contribution in [-0.2, 0) is 0 Å². The number of nitrogens with zero attached hydrogens (tertiary/aromatic N) is 1. The number of para-hydroxylation sites is 1. The molecule has 0 radical (unpaired) electrons. The van der Waals surface area contributed by atoms with Gasteiger partial charge in [0.15, 0.2) is 17.5 Å². The monoisotopic (exact) mass is 419 g/mol. The number of guanidine groups is 1. The van der Waals surface area contributed by atoms with Crippen molar-refractivity contribution >= 4 is 5.96 Å². The third kappa shape index (κ3) is 6.81. The molecule has 0 aliphatic carbocycles. The summed E-state index contributed by atoms with van der Waals surface area (Å²) in [6.07, 6.45) is -1.17. The summed E-state index contributed by atoms with van der Waals surface area (Å²) in [7, 11) is 3.11. The maximum atomic E-state index is 13.7. The Morgan fingerprint density at radius 2 is 1.87 bits per heavy atom. The average Bonchev–Trinajstić information content (AvgIpc) is 2.76. The second-order valence-electron chi connectivity index (χ2n) is 6.58. The van der Waals surface area contributed by atoms with Gasteiger partial charge in [0, 0.05) is 12.1 Å². The summed E-state index contributed by atoms with van der Waals surface area (Å²) < 4.78 is 29.9.